The van der Waals surface area contributed by atoms with E-state index in [2.05, 4.69) is 5.32 Å². The van der Waals surface area contributed by atoms with Crippen LogP contribution in [-0.4, -0.2) is 38.3 Å². The molecule has 0 bridgehead atoms. The van der Waals surface area contributed by atoms with Crippen molar-refractivity contribution in [1.82, 2.24) is 4.31 Å². The highest BCUT2D eigenvalue weighted by molar-refractivity contribution is 7.89. The van der Waals surface area contributed by atoms with Crippen LogP contribution in [0.3, 0.4) is 0 Å². The van der Waals surface area contributed by atoms with E-state index < -0.39 is 28.4 Å². The van der Waals surface area contributed by atoms with Gasteiger partial charge in [-0.2, -0.15) is 4.31 Å². The number of hydrogen-bond donors (Lipinski definition) is 1. The Labute approximate surface area is 192 Å². The first kappa shape index (κ1) is 24.2. The summed E-state index contributed by atoms with van der Waals surface area (Å²) in [4.78, 5) is 12.5. The molecular weight excluding hydrogens is 447 g/mol. The van der Waals surface area contributed by atoms with Crippen LogP contribution in [0.25, 0.3) is 0 Å². The van der Waals surface area contributed by atoms with Crippen molar-refractivity contribution in [1.29, 1.82) is 0 Å². The summed E-state index contributed by atoms with van der Waals surface area (Å²) in [5.74, 6) is -0.501. The lowest BCUT2D eigenvalue weighted by Gasteiger charge is -2.20. The number of sulfonamides is 1. The predicted molar refractivity (Wildman–Crippen MR) is 124 cm³/mol. The molecule has 0 aliphatic carbocycles. The van der Waals surface area contributed by atoms with Gasteiger partial charge in [0, 0.05) is 13.1 Å². The van der Waals surface area contributed by atoms with E-state index in [0.29, 0.717) is 18.8 Å². The summed E-state index contributed by atoms with van der Waals surface area (Å²) >= 11 is 0. The number of ether oxygens (including phenoxy) is 2. The molecule has 3 aromatic rings. The largest absolute Gasteiger partial charge is 0.481 e. The van der Waals surface area contributed by atoms with Gasteiger partial charge in [0.2, 0.25) is 10.0 Å². The van der Waals surface area contributed by atoms with Crippen molar-refractivity contribution in [3.05, 3.63) is 78.6 Å². The number of rotatable bonds is 10. The maximum atomic E-state index is 13.8. The average molecular weight is 473 g/mol. The minimum atomic E-state index is -3.76. The van der Waals surface area contributed by atoms with E-state index in [9.17, 15) is 17.6 Å². The van der Waals surface area contributed by atoms with Gasteiger partial charge in [0.05, 0.1) is 10.6 Å². The number of carbonyl (C=O) groups is 1. The van der Waals surface area contributed by atoms with Crippen LogP contribution < -0.4 is 14.8 Å². The Morgan fingerprint density at radius 1 is 0.939 bits per heavy atom. The summed E-state index contributed by atoms with van der Waals surface area (Å²) in [6.45, 7) is 3.63. The Balaban J connectivity index is 1.88. The third-order valence-corrected chi connectivity index (χ3v) is 6.78. The second-order valence-electron chi connectivity index (χ2n) is 6.93. The maximum absolute atomic E-state index is 13.8. The van der Waals surface area contributed by atoms with Gasteiger partial charge in [0.25, 0.3) is 5.91 Å². The van der Waals surface area contributed by atoms with Gasteiger partial charge in [-0.25, -0.2) is 12.8 Å². The normalized spacial score (nSPS) is 11.3. The first-order valence-electron chi connectivity index (χ1n) is 10.4. The van der Waals surface area contributed by atoms with E-state index in [4.69, 9.17) is 9.47 Å². The van der Waals surface area contributed by atoms with Crippen molar-refractivity contribution in [3.8, 4) is 17.2 Å². The monoisotopic (exact) mass is 472 g/mol. The molecule has 7 nitrogen and oxygen atoms in total. The van der Waals surface area contributed by atoms with E-state index in [-0.39, 0.29) is 22.1 Å². The number of nitrogens with one attached hydrogen (secondary N) is 1. The van der Waals surface area contributed by atoms with Gasteiger partial charge < -0.3 is 14.8 Å². The molecule has 0 radical (unpaired) electrons. The van der Waals surface area contributed by atoms with Crippen LogP contribution in [0.1, 0.15) is 13.8 Å². The van der Waals surface area contributed by atoms with Crippen molar-refractivity contribution >= 4 is 21.6 Å². The molecule has 33 heavy (non-hydrogen) atoms. The van der Waals surface area contributed by atoms with Gasteiger partial charge >= 0.3 is 0 Å². The molecule has 0 fully saturated rings. The molecule has 1 amide bonds. The van der Waals surface area contributed by atoms with Gasteiger partial charge in [0.1, 0.15) is 5.75 Å². The van der Waals surface area contributed by atoms with Crippen LogP contribution in [-0.2, 0) is 14.8 Å². The van der Waals surface area contributed by atoms with Gasteiger partial charge in [-0.1, -0.05) is 44.2 Å². The third kappa shape index (κ3) is 6.09. The predicted octanol–water partition coefficient (Wildman–Crippen LogP) is 4.67. The molecule has 1 N–H and O–H groups in total. The van der Waals surface area contributed by atoms with Gasteiger partial charge in [-0.3, -0.25) is 4.79 Å². The second kappa shape index (κ2) is 10.9. The summed E-state index contributed by atoms with van der Waals surface area (Å²) in [5, 5.41) is 2.61. The second-order valence-corrected chi connectivity index (χ2v) is 8.87. The van der Waals surface area contributed by atoms with Crippen molar-refractivity contribution in [2.45, 2.75) is 18.7 Å². The van der Waals surface area contributed by atoms with Crippen LogP contribution in [0.2, 0.25) is 0 Å². The Morgan fingerprint density at radius 3 is 2.27 bits per heavy atom. The number of carbonyl (C=O) groups excluding carboxylic acids is 1. The number of amides is 1. The van der Waals surface area contributed by atoms with E-state index in [1.807, 2.05) is 6.07 Å². The SMILES string of the molecule is CCN(CC)S(=O)(=O)c1ccc(Oc2ccccc2)c(NC(=O)COc2ccccc2F)c1. The molecule has 0 aliphatic heterocycles. The molecule has 0 unspecified atom stereocenters. The minimum Gasteiger partial charge on any atom is -0.481 e. The molecule has 9 heteroatoms. The van der Waals surface area contributed by atoms with Crippen LogP contribution in [0.5, 0.6) is 17.2 Å². The highest BCUT2D eigenvalue weighted by Gasteiger charge is 2.23. The van der Waals surface area contributed by atoms with Gasteiger partial charge in [0.15, 0.2) is 23.9 Å². The van der Waals surface area contributed by atoms with E-state index in [0.717, 1.165) is 0 Å². The van der Waals surface area contributed by atoms with Crippen LogP contribution in [0.15, 0.2) is 77.7 Å². The Hall–Kier alpha value is -3.43. The Kier molecular flexibility index (Phi) is 8.02. The van der Waals surface area contributed by atoms with Crippen LogP contribution >= 0.6 is 0 Å². The highest BCUT2D eigenvalue weighted by atomic mass is 32.2. The molecule has 0 heterocycles. The zero-order valence-electron chi connectivity index (χ0n) is 18.3. The molecule has 0 saturated heterocycles. The molecular formula is C24H25FN2O5S. The highest BCUT2D eigenvalue weighted by Crippen LogP contribution is 2.32. The number of para-hydroxylation sites is 2. The fourth-order valence-electron chi connectivity index (χ4n) is 3.08. The summed E-state index contributed by atoms with van der Waals surface area (Å²) in [5.41, 5.74) is 0.147. The summed E-state index contributed by atoms with van der Waals surface area (Å²) in [6, 6.07) is 18.8. The standard InChI is InChI=1S/C24H25FN2O5S/c1-3-27(4-2)33(29,30)19-14-15-23(32-18-10-6-5-7-11-18)21(16-19)26-24(28)17-31-22-13-9-8-12-20(22)25/h5-16H,3-4,17H2,1-2H3,(H,26,28). The molecule has 3 rings (SSSR count). The summed E-state index contributed by atoms with van der Waals surface area (Å²) in [6.07, 6.45) is 0. The van der Waals surface area contributed by atoms with E-state index in [1.165, 1.54) is 40.7 Å². The lowest BCUT2D eigenvalue weighted by molar-refractivity contribution is -0.118. The molecule has 174 valence electrons. The zero-order chi connectivity index (χ0) is 23.8. The average Bonchev–Trinajstić information content (AvgIpc) is 2.81. The first-order valence-corrected chi connectivity index (χ1v) is 11.8. The smallest absolute Gasteiger partial charge is 0.262 e. The molecule has 0 aromatic heterocycles. The lowest BCUT2D eigenvalue weighted by atomic mass is 10.2. The molecule has 3 aromatic carbocycles. The van der Waals surface area contributed by atoms with Crippen LogP contribution in [0.4, 0.5) is 10.1 Å². The van der Waals surface area contributed by atoms with Crippen molar-refractivity contribution < 1.29 is 27.1 Å². The summed E-state index contributed by atoms with van der Waals surface area (Å²) in [7, 11) is -3.76. The van der Waals surface area contributed by atoms with Crippen molar-refractivity contribution in [2.24, 2.45) is 0 Å². The maximum Gasteiger partial charge on any atom is 0.262 e. The Morgan fingerprint density at radius 2 is 1.61 bits per heavy atom. The number of nitrogens with zero attached hydrogens (tertiary/aromatic N) is 1. The van der Waals surface area contributed by atoms with Gasteiger partial charge in [-0.15, -0.1) is 0 Å². The topological polar surface area (TPSA) is 84.9 Å². The van der Waals surface area contributed by atoms with Crippen molar-refractivity contribution in [2.75, 3.05) is 25.0 Å². The fourth-order valence-corrected chi connectivity index (χ4v) is 4.56. The van der Waals surface area contributed by atoms with E-state index >= 15 is 0 Å². The lowest BCUT2D eigenvalue weighted by Crippen LogP contribution is -2.30. The van der Waals surface area contributed by atoms with Gasteiger partial charge in [-0.05, 0) is 42.5 Å². The van der Waals surface area contributed by atoms with E-state index in [1.54, 1.807) is 44.2 Å². The molecule has 0 saturated carbocycles. The number of halogens is 1. The quantitative estimate of drug-likeness (QED) is 0.464. The number of benzene rings is 3. The van der Waals surface area contributed by atoms with Crippen molar-refractivity contribution in [3.63, 3.8) is 0 Å². The first-order chi connectivity index (χ1) is 15.8. The zero-order valence-corrected chi connectivity index (χ0v) is 19.1. The molecule has 0 spiro atoms. The Bertz CT molecular complexity index is 1200. The number of hydrogen-bond acceptors (Lipinski definition) is 5. The third-order valence-electron chi connectivity index (χ3n) is 4.73. The summed E-state index contributed by atoms with van der Waals surface area (Å²) < 4.78 is 52.1. The molecule has 0 aliphatic rings. The molecule has 0 atom stereocenters. The minimum absolute atomic E-state index is 0.0110. The number of anilines is 1. The van der Waals surface area contributed by atoms with Crippen LogP contribution in [0, 0.1) is 5.82 Å². The fraction of sp³-hybridized carbons (Fsp3) is 0.208.